The summed E-state index contributed by atoms with van der Waals surface area (Å²) in [6.45, 7) is 0.122. The largest absolute Gasteiger partial charge is 0.508 e. The molecule has 1 aliphatic rings. The van der Waals surface area contributed by atoms with Crippen LogP contribution in [-0.4, -0.2) is 47.5 Å². The van der Waals surface area contributed by atoms with Crippen molar-refractivity contribution < 1.29 is 28.8 Å². The Kier molecular flexibility index (Phi) is 10.5. The van der Waals surface area contributed by atoms with Crippen LogP contribution in [0.15, 0.2) is 119 Å². The second kappa shape index (κ2) is 15.3. The third kappa shape index (κ3) is 7.49. The number of carbonyl (C=O) groups excluding carboxylic acids is 1. The van der Waals surface area contributed by atoms with E-state index in [1.165, 1.54) is 22.9 Å². The molecule has 1 fully saturated rings. The van der Waals surface area contributed by atoms with Gasteiger partial charge in [0, 0.05) is 12.7 Å². The Hall–Kier alpha value is -5.65. The second-order valence-electron chi connectivity index (χ2n) is 12.0. The molecule has 0 radical (unpaired) electrons. The van der Waals surface area contributed by atoms with Gasteiger partial charge in [-0.3, -0.25) is 19.1 Å². The van der Waals surface area contributed by atoms with Crippen LogP contribution in [0.2, 0.25) is 0 Å². The summed E-state index contributed by atoms with van der Waals surface area (Å²) in [5.74, 6) is 1.23. The standard InChI is InChI=1S/C39H39N3O8/c1-47-32-16-10-29(11-17-32)39(28-6-4-3-5-7-28,30-12-18-33(48-2)19-13-30)49-25-34-20-21-36(50-34)42-24-27(37(45)41-38(42)46)23-40-35(44)22-26-8-14-31(43)15-9-26/h3-19,24,34,36,43H,20-23,25H2,1-2H3,(H,40,44)(H,41,45,46)/t34-,36+/m0/s1. The monoisotopic (exact) mass is 677 g/mol. The highest BCUT2D eigenvalue weighted by atomic mass is 16.6. The number of methoxy groups -OCH3 is 2. The summed E-state index contributed by atoms with van der Waals surface area (Å²) in [4.78, 5) is 40.5. The number of H-pyrrole nitrogens is 1. The van der Waals surface area contributed by atoms with Gasteiger partial charge in [0.25, 0.3) is 5.56 Å². The first kappa shape index (κ1) is 34.2. The van der Waals surface area contributed by atoms with Crippen molar-refractivity contribution in [3.63, 3.8) is 0 Å². The van der Waals surface area contributed by atoms with Crippen LogP contribution in [0.25, 0.3) is 0 Å². The number of ether oxygens (including phenoxy) is 4. The number of amides is 1. The van der Waals surface area contributed by atoms with E-state index in [0.29, 0.717) is 18.4 Å². The molecule has 50 heavy (non-hydrogen) atoms. The van der Waals surface area contributed by atoms with E-state index in [1.54, 1.807) is 26.4 Å². The van der Waals surface area contributed by atoms with E-state index in [9.17, 15) is 19.5 Å². The minimum atomic E-state index is -1.03. The van der Waals surface area contributed by atoms with Crippen LogP contribution in [0.4, 0.5) is 0 Å². The van der Waals surface area contributed by atoms with Gasteiger partial charge in [-0.25, -0.2) is 4.79 Å². The fourth-order valence-corrected chi connectivity index (χ4v) is 6.23. The van der Waals surface area contributed by atoms with Crippen LogP contribution in [-0.2, 0) is 32.8 Å². The Bertz CT molecular complexity index is 1960. The lowest BCUT2D eigenvalue weighted by Gasteiger charge is -2.37. The smallest absolute Gasteiger partial charge is 0.330 e. The second-order valence-corrected chi connectivity index (χ2v) is 12.0. The van der Waals surface area contributed by atoms with Gasteiger partial charge >= 0.3 is 5.69 Å². The summed E-state index contributed by atoms with van der Waals surface area (Å²) in [6.07, 6.45) is 1.61. The third-order valence-corrected chi connectivity index (χ3v) is 8.87. The molecule has 1 aliphatic heterocycles. The van der Waals surface area contributed by atoms with E-state index in [2.05, 4.69) is 10.3 Å². The van der Waals surface area contributed by atoms with Gasteiger partial charge < -0.3 is 29.4 Å². The molecule has 0 spiro atoms. The molecule has 2 heterocycles. The van der Waals surface area contributed by atoms with Crippen molar-refractivity contribution in [3.8, 4) is 17.2 Å². The molecule has 0 bridgehead atoms. The van der Waals surface area contributed by atoms with E-state index in [4.69, 9.17) is 18.9 Å². The van der Waals surface area contributed by atoms with E-state index in [-0.39, 0.29) is 42.9 Å². The van der Waals surface area contributed by atoms with Crippen molar-refractivity contribution >= 4 is 5.91 Å². The maximum Gasteiger partial charge on any atom is 0.330 e. The summed E-state index contributed by atoms with van der Waals surface area (Å²) >= 11 is 0. The molecule has 4 aromatic carbocycles. The first-order chi connectivity index (χ1) is 24.3. The first-order valence-electron chi connectivity index (χ1n) is 16.3. The number of aromatic nitrogens is 2. The number of aromatic amines is 1. The van der Waals surface area contributed by atoms with E-state index in [0.717, 1.165) is 28.2 Å². The van der Waals surface area contributed by atoms with Gasteiger partial charge in [0.1, 0.15) is 29.1 Å². The number of hydrogen-bond donors (Lipinski definition) is 3. The van der Waals surface area contributed by atoms with Crippen LogP contribution in [0.5, 0.6) is 17.2 Å². The molecule has 6 rings (SSSR count). The van der Waals surface area contributed by atoms with E-state index < -0.39 is 23.1 Å². The SMILES string of the molecule is COc1ccc(C(OC[C@@H]2CC[C@H](n3cc(CNC(=O)Cc4ccc(O)cc4)c(=O)[nH]c3=O)O2)(c2ccccc2)c2ccc(OC)cc2)cc1. The number of rotatable bonds is 13. The number of phenols is 1. The summed E-state index contributed by atoms with van der Waals surface area (Å²) in [5.41, 5.74) is 1.41. The van der Waals surface area contributed by atoms with Crippen molar-refractivity contribution in [1.29, 1.82) is 0 Å². The summed E-state index contributed by atoms with van der Waals surface area (Å²) in [6, 6.07) is 31.8. The van der Waals surface area contributed by atoms with Gasteiger partial charge in [-0.15, -0.1) is 0 Å². The average molecular weight is 678 g/mol. The Morgan fingerprint density at radius 3 is 2.06 bits per heavy atom. The zero-order chi connectivity index (χ0) is 35.1. The highest BCUT2D eigenvalue weighted by Crippen LogP contribution is 2.42. The number of benzene rings is 4. The molecule has 258 valence electrons. The number of nitrogens with zero attached hydrogens (tertiary/aromatic N) is 1. The van der Waals surface area contributed by atoms with E-state index >= 15 is 0 Å². The van der Waals surface area contributed by atoms with Crippen LogP contribution in [0.3, 0.4) is 0 Å². The van der Waals surface area contributed by atoms with Gasteiger partial charge in [0.15, 0.2) is 0 Å². The molecule has 3 N–H and O–H groups in total. The highest BCUT2D eigenvalue weighted by molar-refractivity contribution is 5.78. The predicted molar refractivity (Wildman–Crippen MR) is 186 cm³/mol. The Morgan fingerprint density at radius 2 is 1.46 bits per heavy atom. The maximum atomic E-state index is 12.9. The quantitative estimate of drug-likeness (QED) is 0.151. The lowest BCUT2D eigenvalue weighted by Crippen LogP contribution is -2.37. The van der Waals surface area contributed by atoms with Crippen LogP contribution in [0.1, 0.15) is 46.9 Å². The molecule has 0 aliphatic carbocycles. The normalized spacial score (nSPS) is 15.8. The minimum absolute atomic E-state index is 0.0722. The third-order valence-electron chi connectivity index (χ3n) is 8.87. The summed E-state index contributed by atoms with van der Waals surface area (Å²) in [5, 5.41) is 12.2. The molecule has 1 aromatic heterocycles. The fraction of sp³-hybridized carbons (Fsp3) is 0.256. The zero-order valence-electron chi connectivity index (χ0n) is 27.8. The Balaban J connectivity index is 1.21. The van der Waals surface area contributed by atoms with Crippen molar-refractivity contribution in [3.05, 3.63) is 158 Å². The fourth-order valence-electron chi connectivity index (χ4n) is 6.23. The molecule has 1 saturated heterocycles. The van der Waals surface area contributed by atoms with Crippen molar-refractivity contribution in [2.75, 3.05) is 20.8 Å². The molecular weight excluding hydrogens is 638 g/mol. The number of aromatic hydroxyl groups is 1. The van der Waals surface area contributed by atoms with E-state index in [1.807, 2.05) is 78.9 Å². The van der Waals surface area contributed by atoms with Crippen LogP contribution in [0, 0.1) is 0 Å². The topological polar surface area (TPSA) is 141 Å². The molecule has 5 aromatic rings. The van der Waals surface area contributed by atoms with Crippen molar-refractivity contribution in [2.24, 2.45) is 0 Å². The zero-order valence-corrected chi connectivity index (χ0v) is 27.8. The van der Waals surface area contributed by atoms with Gasteiger partial charge in [-0.1, -0.05) is 66.7 Å². The van der Waals surface area contributed by atoms with Crippen LogP contribution >= 0.6 is 0 Å². The lowest BCUT2D eigenvalue weighted by atomic mass is 9.80. The highest BCUT2D eigenvalue weighted by Gasteiger charge is 2.40. The van der Waals surface area contributed by atoms with Gasteiger partial charge in [-0.05, 0) is 71.5 Å². The van der Waals surface area contributed by atoms with Gasteiger partial charge in [0.2, 0.25) is 5.91 Å². The lowest BCUT2D eigenvalue weighted by molar-refractivity contribution is -0.120. The summed E-state index contributed by atoms with van der Waals surface area (Å²) in [7, 11) is 3.25. The Labute approximate surface area is 289 Å². The Morgan fingerprint density at radius 1 is 0.860 bits per heavy atom. The molecule has 0 saturated carbocycles. The molecule has 2 atom stereocenters. The maximum absolute atomic E-state index is 12.9. The average Bonchev–Trinajstić information content (AvgIpc) is 3.62. The molecule has 0 unspecified atom stereocenters. The van der Waals surface area contributed by atoms with Gasteiger partial charge in [-0.2, -0.15) is 0 Å². The number of nitrogens with one attached hydrogen (secondary N) is 2. The first-order valence-corrected chi connectivity index (χ1v) is 16.3. The molecular formula is C39H39N3O8. The molecule has 11 heteroatoms. The summed E-state index contributed by atoms with van der Waals surface area (Å²) < 4.78 is 25.6. The number of phenolic OH excluding ortho intramolecular Hbond substituents is 1. The minimum Gasteiger partial charge on any atom is -0.508 e. The van der Waals surface area contributed by atoms with Crippen LogP contribution < -0.4 is 26.0 Å². The van der Waals surface area contributed by atoms with Crippen molar-refractivity contribution in [1.82, 2.24) is 14.9 Å². The van der Waals surface area contributed by atoms with Gasteiger partial charge in [0.05, 0.1) is 38.9 Å². The molecule has 1 amide bonds. The predicted octanol–water partition coefficient (Wildman–Crippen LogP) is 4.80. The van der Waals surface area contributed by atoms with Crippen molar-refractivity contribution in [2.45, 2.75) is 43.7 Å². The number of carbonyl (C=O) groups is 1. The molecule has 11 nitrogen and oxygen atoms in total. The number of hydrogen-bond acceptors (Lipinski definition) is 8.